The summed E-state index contributed by atoms with van der Waals surface area (Å²) in [5.74, 6) is 0.487. The van der Waals surface area contributed by atoms with Crippen LogP contribution in [0, 0.1) is 5.82 Å². The van der Waals surface area contributed by atoms with E-state index in [2.05, 4.69) is 15.1 Å². The van der Waals surface area contributed by atoms with Gasteiger partial charge in [-0.25, -0.2) is 4.39 Å². The van der Waals surface area contributed by atoms with Crippen molar-refractivity contribution in [2.24, 2.45) is 0 Å². The lowest BCUT2D eigenvalue weighted by Gasteiger charge is -2.37. The summed E-state index contributed by atoms with van der Waals surface area (Å²) in [4.78, 5) is 32.3. The Morgan fingerprint density at radius 3 is 2.27 bits per heavy atom. The van der Waals surface area contributed by atoms with Gasteiger partial charge in [-0.1, -0.05) is 36.4 Å². The minimum absolute atomic E-state index is 0.109. The van der Waals surface area contributed by atoms with Crippen LogP contribution in [0.4, 0.5) is 10.2 Å². The number of hydrogen-bond acceptors (Lipinski definition) is 6. The number of rotatable bonds is 8. The highest BCUT2D eigenvalue weighted by molar-refractivity contribution is 5.96. The maximum Gasteiger partial charge on any atom is 0.254 e. The van der Waals surface area contributed by atoms with E-state index in [4.69, 9.17) is 4.74 Å². The van der Waals surface area contributed by atoms with Crippen molar-refractivity contribution in [2.75, 3.05) is 44.7 Å². The van der Waals surface area contributed by atoms with Crippen molar-refractivity contribution in [2.45, 2.75) is 13.0 Å². The van der Waals surface area contributed by atoms with E-state index >= 15 is 0 Å². The molecule has 1 aromatic heterocycles. The second kappa shape index (κ2) is 12.6. The fourth-order valence-electron chi connectivity index (χ4n) is 4.92. The van der Waals surface area contributed by atoms with Gasteiger partial charge in [0.15, 0.2) is 5.82 Å². The number of halogens is 1. The van der Waals surface area contributed by atoms with Crippen molar-refractivity contribution < 1.29 is 18.7 Å². The minimum Gasteiger partial charge on any atom is -0.497 e. The Labute approximate surface area is 239 Å². The zero-order valence-corrected chi connectivity index (χ0v) is 23.1. The second-order valence-corrected chi connectivity index (χ2v) is 9.90. The molecule has 2 heterocycles. The van der Waals surface area contributed by atoms with E-state index in [1.807, 2.05) is 73.7 Å². The molecular weight excluding hydrogens is 521 g/mol. The average Bonchev–Trinajstić information content (AvgIpc) is 3.03. The number of amides is 2. The standard InChI is InChI=1S/C32H32FN5O3/c1-23(24-7-4-3-5-8-24)38(32(40)26-9-6-10-27(33)21-26)22-31(39)37-19-17-36(18-20-37)30-16-15-29(34-35-30)25-11-13-28(41-2)14-12-25/h3-16,21,23H,17-20,22H2,1-2H3/t23-/m1/s1. The highest BCUT2D eigenvalue weighted by atomic mass is 19.1. The van der Waals surface area contributed by atoms with Gasteiger partial charge in [-0.3, -0.25) is 9.59 Å². The summed E-state index contributed by atoms with van der Waals surface area (Å²) in [5.41, 5.74) is 2.82. The van der Waals surface area contributed by atoms with E-state index in [1.165, 1.54) is 23.1 Å². The van der Waals surface area contributed by atoms with Gasteiger partial charge in [0, 0.05) is 37.3 Å². The molecule has 210 valence electrons. The lowest BCUT2D eigenvalue weighted by atomic mass is 10.1. The number of anilines is 1. The summed E-state index contributed by atoms with van der Waals surface area (Å²) in [6, 6.07) is 26.2. The summed E-state index contributed by atoms with van der Waals surface area (Å²) in [6.07, 6.45) is 0. The van der Waals surface area contributed by atoms with E-state index in [9.17, 15) is 14.0 Å². The third-order valence-corrected chi connectivity index (χ3v) is 7.38. The van der Waals surface area contributed by atoms with E-state index in [-0.39, 0.29) is 30.0 Å². The Kier molecular flexibility index (Phi) is 8.53. The molecule has 8 nitrogen and oxygen atoms in total. The fourth-order valence-corrected chi connectivity index (χ4v) is 4.92. The number of piperazine rings is 1. The number of nitrogens with zero attached hydrogens (tertiary/aromatic N) is 5. The van der Waals surface area contributed by atoms with Crippen molar-refractivity contribution in [3.8, 4) is 17.0 Å². The number of hydrogen-bond donors (Lipinski definition) is 0. The van der Waals surface area contributed by atoms with Gasteiger partial charge in [-0.05, 0) is 67.1 Å². The number of ether oxygens (including phenoxy) is 1. The third-order valence-electron chi connectivity index (χ3n) is 7.38. The molecular formula is C32H32FN5O3. The topological polar surface area (TPSA) is 78.9 Å². The SMILES string of the molecule is COc1ccc(-c2ccc(N3CCN(C(=O)CN(C(=O)c4cccc(F)c4)[C@H](C)c4ccccc4)CC3)nn2)cc1. The van der Waals surface area contributed by atoms with Gasteiger partial charge in [0.05, 0.1) is 18.8 Å². The molecule has 9 heteroatoms. The Balaban J connectivity index is 1.24. The number of benzene rings is 3. The summed E-state index contributed by atoms with van der Waals surface area (Å²) < 4.78 is 19.1. The number of carbonyl (C=O) groups excluding carboxylic acids is 2. The number of aromatic nitrogens is 2. The maximum atomic E-state index is 13.9. The van der Waals surface area contributed by atoms with E-state index in [1.54, 1.807) is 18.1 Å². The van der Waals surface area contributed by atoms with Gasteiger partial charge in [-0.15, -0.1) is 10.2 Å². The van der Waals surface area contributed by atoms with Crippen molar-refractivity contribution in [3.63, 3.8) is 0 Å². The smallest absolute Gasteiger partial charge is 0.254 e. The Morgan fingerprint density at radius 1 is 0.902 bits per heavy atom. The Bertz CT molecular complexity index is 1470. The molecule has 4 aromatic rings. The van der Waals surface area contributed by atoms with Crippen LogP contribution in [0.25, 0.3) is 11.3 Å². The van der Waals surface area contributed by atoms with Crippen LogP contribution in [0.5, 0.6) is 5.75 Å². The van der Waals surface area contributed by atoms with Crippen molar-refractivity contribution >= 4 is 17.6 Å². The Hall–Kier alpha value is -4.79. The summed E-state index contributed by atoms with van der Waals surface area (Å²) in [6.45, 7) is 3.93. The summed E-state index contributed by atoms with van der Waals surface area (Å²) >= 11 is 0. The fraction of sp³-hybridized carbons (Fsp3) is 0.250. The summed E-state index contributed by atoms with van der Waals surface area (Å²) in [5, 5.41) is 8.81. The first-order valence-electron chi connectivity index (χ1n) is 13.6. The predicted molar refractivity (Wildman–Crippen MR) is 155 cm³/mol. The molecule has 1 aliphatic rings. The van der Waals surface area contributed by atoms with Crippen LogP contribution in [-0.4, -0.2) is 71.6 Å². The second-order valence-electron chi connectivity index (χ2n) is 9.90. The van der Waals surface area contributed by atoms with Crippen LogP contribution < -0.4 is 9.64 Å². The van der Waals surface area contributed by atoms with Crippen LogP contribution in [0.1, 0.15) is 28.9 Å². The van der Waals surface area contributed by atoms with Gasteiger partial charge in [-0.2, -0.15) is 0 Å². The molecule has 2 amide bonds. The average molecular weight is 554 g/mol. The van der Waals surface area contributed by atoms with Crippen molar-refractivity contribution in [3.05, 3.63) is 108 Å². The van der Waals surface area contributed by atoms with E-state index in [0.717, 1.165) is 28.4 Å². The molecule has 0 bridgehead atoms. The zero-order chi connectivity index (χ0) is 28.8. The van der Waals surface area contributed by atoms with Gasteiger partial charge >= 0.3 is 0 Å². The third kappa shape index (κ3) is 6.51. The molecule has 1 atom stereocenters. The first kappa shape index (κ1) is 27.8. The molecule has 3 aromatic carbocycles. The van der Waals surface area contributed by atoms with Gasteiger partial charge in [0.25, 0.3) is 5.91 Å². The van der Waals surface area contributed by atoms with Crippen LogP contribution in [0.3, 0.4) is 0 Å². The van der Waals surface area contributed by atoms with Crippen LogP contribution in [0.2, 0.25) is 0 Å². The maximum absolute atomic E-state index is 13.9. The highest BCUT2D eigenvalue weighted by Crippen LogP contribution is 2.24. The molecule has 0 N–H and O–H groups in total. The molecule has 0 saturated carbocycles. The lowest BCUT2D eigenvalue weighted by molar-refractivity contribution is -0.132. The highest BCUT2D eigenvalue weighted by Gasteiger charge is 2.29. The molecule has 0 radical (unpaired) electrons. The van der Waals surface area contributed by atoms with Gasteiger partial charge in [0.2, 0.25) is 5.91 Å². The van der Waals surface area contributed by atoms with Gasteiger partial charge in [0.1, 0.15) is 18.1 Å². The number of methoxy groups -OCH3 is 1. The van der Waals surface area contributed by atoms with Crippen LogP contribution >= 0.6 is 0 Å². The van der Waals surface area contributed by atoms with Crippen molar-refractivity contribution in [1.29, 1.82) is 0 Å². The van der Waals surface area contributed by atoms with Crippen LogP contribution in [0.15, 0.2) is 91.0 Å². The normalized spacial score (nSPS) is 13.9. The number of carbonyl (C=O) groups is 2. The molecule has 1 aliphatic heterocycles. The zero-order valence-electron chi connectivity index (χ0n) is 23.1. The van der Waals surface area contributed by atoms with Crippen molar-refractivity contribution in [1.82, 2.24) is 20.0 Å². The molecule has 0 unspecified atom stereocenters. The molecule has 41 heavy (non-hydrogen) atoms. The predicted octanol–water partition coefficient (Wildman–Crippen LogP) is 4.84. The minimum atomic E-state index is -0.495. The first-order valence-corrected chi connectivity index (χ1v) is 13.6. The molecule has 5 rings (SSSR count). The van der Waals surface area contributed by atoms with Gasteiger partial charge < -0.3 is 19.4 Å². The van der Waals surface area contributed by atoms with E-state index in [0.29, 0.717) is 26.2 Å². The Morgan fingerprint density at radius 2 is 1.63 bits per heavy atom. The molecule has 1 saturated heterocycles. The summed E-state index contributed by atoms with van der Waals surface area (Å²) in [7, 11) is 1.63. The quantitative estimate of drug-likeness (QED) is 0.311. The monoisotopic (exact) mass is 553 g/mol. The van der Waals surface area contributed by atoms with E-state index < -0.39 is 5.82 Å². The largest absolute Gasteiger partial charge is 0.497 e. The lowest BCUT2D eigenvalue weighted by Crippen LogP contribution is -2.52. The first-order chi connectivity index (χ1) is 19.9. The molecule has 0 aliphatic carbocycles. The molecule has 0 spiro atoms. The van der Waals surface area contributed by atoms with Crippen LogP contribution in [-0.2, 0) is 4.79 Å². The molecule has 1 fully saturated rings.